The molecule has 0 saturated carbocycles. The summed E-state index contributed by atoms with van der Waals surface area (Å²) in [7, 11) is -2.41. The summed E-state index contributed by atoms with van der Waals surface area (Å²) in [5.74, 6) is 0.183. The van der Waals surface area contributed by atoms with Crippen LogP contribution in [0.3, 0.4) is 0 Å². The van der Waals surface area contributed by atoms with Gasteiger partial charge in [0.05, 0.1) is 17.6 Å². The van der Waals surface area contributed by atoms with Crippen LogP contribution in [0.5, 0.6) is 5.75 Å². The van der Waals surface area contributed by atoms with Crippen LogP contribution in [-0.2, 0) is 23.1 Å². The Labute approximate surface area is 195 Å². The molecule has 1 amide bonds. The molecular formula is C26H28N2O4S. The zero-order valence-corrected chi connectivity index (χ0v) is 19.5. The number of carbonyl (C=O) groups excluding carboxylic acids is 1. The van der Waals surface area contributed by atoms with Crippen LogP contribution in [0.1, 0.15) is 34.3 Å². The molecule has 3 aromatic carbocycles. The fourth-order valence-electron chi connectivity index (χ4n) is 4.05. The van der Waals surface area contributed by atoms with Crippen molar-refractivity contribution in [2.75, 3.05) is 20.2 Å². The summed E-state index contributed by atoms with van der Waals surface area (Å²) < 4.78 is 34.4. The van der Waals surface area contributed by atoms with Crippen molar-refractivity contribution in [3.05, 3.63) is 95.6 Å². The predicted octanol–water partition coefficient (Wildman–Crippen LogP) is 4.32. The number of nitrogens with zero attached hydrogens (tertiary/aromatic N) is 2. The van der Waals surface area contributed by atoms with E-state index < -0.39 is 10.0 Å². The SMILES string of the molecule is COc1ccc(S(=O)(=O)N(Cc2ccccc2)Cc2ccccc2)cc1C(=O)N1CCCC1. The van der Waals surface area contributed by atoms with Gasteiger partial charge in [-0.25, -0.2) is 8.42 Å². The highest BCUT2D eigenvalue weighted by atomic mass is 32.2. The van der Waals surface area contributed by atoms with Crippen LogP contribution in [-0.4, -0.2) is 43.7 Å². The molecule has 1 fully saturated rings. The minimum Gasteiger partial charge on any atom is -0.496 e. The molecule has 0 radical (unpaired) electrons. The molecular weight excluding hydrogens is 436 g/mol. The third-order valence-corrected chi connectivity index (χ3v) is 7.62. The highest BCUT2D eigenvalue weighted by Crippen LogP contribution is 2.28. The Morgan fingerprint density at radius 3 is 1.94 bits per heavy atom. The lowest BCUT2D eigenvalue weighted by Gasteiger charge is -2.24. The molecule has 1 aliphatic rings. The van der Waals surface area contributed by atoms with Crippen molar-refractivity contribution >= 4 is 15.9 Å². The number of methoxy groups -OCH3 is 1. The monoisotopic (exact) mass is 464 g/mol. The summed E-state index contributed by atoms with van der Waals surface area (Å²) in [4.78, 5) is 14.9. The first-order valence-corrected chi connectivity index (χ1v) is 12.5. The molecule has 172 valence electrons. The van der Waals surface area contributed by atoms with E-state index in [0.717, 1.165) is 24.0 Å². The van der Waals surface area contributed by atoms with Crippen molar-refractivity contribution in [2.45, 2.75) is 30.8 Å². The van der Waals surface area contributed by atoms with E-state index in [1.54, 1.807) is 11.0 Å². The van der Waals surface area contributed by atoms with E-state index in [1.807, 2.05) is 60.7 Å². The molecule has 1 aliphatic heterocycles. The lowest BCUT2D eigenvalue weighted by atomic mass is 10.1. The van der Waals surface area contributed by atoms with E-state index >= 15 is 0 Å². The van der Waals surface area contributed by atoms with Crippen LogP contribution in [0.25, 0.3) is 0 Å². The summed E-state index contributed by atoms with van der Waals surface area (Å²) in [6.45, 7) is 1.79. The maximum absolute atomic E-state index is 13.8. The van der Waals surface area contributed by atoms with Gasteiger partial charge in [0.2, 0.25) is 10.0 Å². The molecule has 1 saturated heterocycles. The van der Waals surface area contributed by atoms with Gasteiger partial charge in [-0.1, -0.05) is 60.7 Å². The van der Waals surface area contributed by atoms with Gasteiger partial charge in [-0.15, -0.1) is 0 Å². The number of amides is 1. The Balaban J connectivity index is 1.71. The van der Waals surface area contributed by atoms with Crippen LogP contribution in [0, 0.1) is 0 Å². The van der Waals surface area contributed by atoms with E-state index in [4.69, 9.17) is 4.74 Å². The van der Waals surface area contributed by atoms with E-state index in [-0.39, 0.29) is 29.5 Å². The van der Waals surface area contributed by atoms with Gasteiger partial charge >= 0.3 is 0 Å². The second-order valence-corrected chi connectivity index (χ2v) is 10.0. The normalized spacial score (nSPS) is 13.9. The topological polar surface area (TPSA) is 66.9 Å². The first-order chi connectivity index (χ1) is 16.0. The second-order valence-electron chi connectivity index (χ2n) is 8.11. The quantitative estimate of drug-likeness (QED) is 0.498. The standard InChI is InChI=1S/C26H28N2O4S/c1-32-25-15-14-23(18-24(25)26(29)27-16-8-9-17-27)33(30,31)28(19-21-10-4-2-5-11-21)20-22-12-6-3-7-13-22/h2-7,10-15,18H,8-9,16-17,19-20H2,1H3. The minimum atomic E-state index is -3.89. The van der Waals surface area contributed by atoms with Crippen molar-refractivity contribution in [2.24, 2.45) is 0 Å². The van der Waals surface area contributed by atoms with Gasteiger partial charge < -0.3 is 9.64 Å². The lowest BCUT2D eigenvalue weighted by Crippen LogP contribution is -2.31. The number of sulfonamides is 1. The third-order valence-electron chi connectivity index (χ3n) is 5.84. The molecule has 3 aromatic rings. The van der Waals surface area contributed by atoms with Gasteiger partial charge in [-0.05, 0) is 42.2 Å². The number of hydrogen-bond donors (Lipinski definition) is 0. The van der Waals surface area contributed by atoms with Crippen molar-refractivity contribution in [3.8, 4) is 5.75 Å². The molecule has 33 heavy (non-hydrogen) atoms. The zero-order valence-electron chi connectivity index (χ0n) is 18.7. The summed E-state index contributed by atoms with van der Waals surface area (Å²) in [6, 6.07) is 23.5. The fraction of sp³-hybridized carbons (Fsp3) is 0.269. The molecule has 0 aliphatic carbocycles. The van der Waals surface area contributed by atoms with Crippen molar-refractivity contribution in [1.29, 1.82) is 0 Å². The Bertz CT molecular complexity index is 1150. The molecule has 0 atom stereocenters. The number of benzene rings is 3. The van der Waals surface area contributed by atoms with Crippen molar-refractivity contribution in [1.82, 2.24) is 9.21 Å². The van der Waals surface area contributed by atoms with Crippen LogP contribution in [0.4, 0.5) is 0 Å². The lowest BCUT2D eigenvalue weighted by molar-refractivity contribution is 0.0789. The molecule has 4 rings (SSSR count). The Hall–Kier alpha value is -3.16. The molecule has 0 bridgehead atoms. The highest BCUT2D eigenvalue weighted by molar-refractivity contribution is 7.89. The number of likely N-dealkylation sites (tertiary alicyclic amines) is 1. The van der Waals surface area contributed by atoms with E-state index in [9.17, 15) is 13.2 Å². The molecule has 0 unspecified atom stereocenters. The van der Waals surface area contributed by atoms with E-state index in [0.29, 0.717) is 18.8 Å². The average Bonchev–Trinajstić information content (AvgIpc) is 3.39. The number of carbonyl (C=O) groups is 1. The Morgan fingerprint density at radius 1 is 0.879 bits per heavy atom. The van der Waals surface area contributed by atoms with Gasteiger partial charge in [0, 0.05) is 26.2 Å². The molecule has 0 spiro atoms. The smallest absolute Gasteiger partial charge is 0.257 e. The zero-order chi connectivity index (χ0) is 23.3. The number of hydrogen-bond acceptors (Lipinski definition) is 4. The summed E-state index contributed by atoms with van der Waals surface area (Å²) in [6.07, 6.45) is 1.90. The van der Waals surface area contributed by atoms with Crippen molar-refractivity contribution < 1.29 is 17.9 Å². The van der Waals surface area contributed by atoms with Crippen LogP contribution in [0.2, 0.25) is 0 Å². The van der Waals surface area contributed by atoms with Gasteiger partial charge in [0.25, 0.3) is 5.91 Å². The van der Waals surface area contributed by atoms with E-state index in [1.165, 1.54) is 23.5 Å². The van der Waals surface area contributed by atoms with Crippen LogP contribution in [0.15, 0.2) is 83.8 Å². The Morgan fingerprint density at radius 2 is 1.42 bits per heavy atom. The van der Waals surface area contributed by atoms with Gasteiger partial charge in [-0.3, -0.25) is 4.79 Å². The molecule has 7 heteroatoms. The van der Waals surface area contributed by atoms with Gasteiger partial charge in [-0.2, -0.15) is 4.31 Å². The summed E-state index contributed by atoms with van der Waals surface area (Å²) in [5, 5.41) is 0. The number of ether oxygens (including phenoxy) is 1. The third kappa shape index (κ3) is 5.26. The average molecular weight is 465 g/mol. The number of rotatable bonds is 8. The van der Waals surface area contributed by atoms with Gasteiger partial charge in [0.15, 0.2) is 0 Å². The highest BCUT2D eigenvalue weighted by Gasteiger charge is 2.29. The van der Waals surface area contributed by atoms with Crippen LogP contribution < -0.4 is 4.74 Å². The molecule has 1 heterocycles. The maximum Gasteiger partial charge on any atom is 0.257 e. The molecule has 0 aromatic heterocycles. The first-order valence-electron chi connectivity index (χ1n) is 11.0. The van der Waals surface area contributed by atoms with Crippen molar-refractivity contribution in [3.63, 3.8) is 0 Å². The molecule has 0 N–H and O–H groups in total. The van der Waals surface area contributed by atoms with Crippen LogP contribution >= 0.6 is 0 Å². The maximum atomic E-state index is 13.8. The minimum absolute atomic E-state index is 0.0812. The molecule has 6 nitrogen and oxygen atoms in total. The second kappa shape index (κ2) is 10.2. The first kappa shape index (κ1) is 23.0. The fourth-order valence-corrected chi connectivity index (χ4v) is 5.50. The summed E-state index contributed by atoms with van der Waals surface area (Å²) >= 11 is 0. The predicted molar refractivity (Wildman–Crippen MR) is 127 cm³/mol. The Kier molecular flexibility index (Phi) is 7.11. The van der Waals surface area contributed by atoms with Gasteiger partial charge in [0.1, 0.15) is 5.75 Å². The largest absolute Gasteiger partial charge is 0.496 e. The summed E-state index contributed by atoms with van der Waals surface area (Å²) in [5.41, 5.74) is 2.05. The van der Waals surface area contributed by atoms with E-state index in [2.05, 4.69) is 0 Å².